The topological polar surface area (TPSA) is 83.6 Å². The molecular formula is C12H20N2O4S. The maximum atomic E-state index is 12.3. The van der Waals surface area contributed by atoms with Crippen LogP contribution in [0.2, 0.25) is 0 Å². The Kier molecular flexibility index (Phi) is 3.36. The Morgan fingerprint density at radius 1 is 1.37 bits per heavy atom. The van der Waals surface area contributed by atoms with Gasteiger partial charge < -0.3 is 10.2 Å². The number of hydrogen-bond acceptors (Lipinski definition) is 4. The first kappa shape index (κ1) is 14.3. The lowest BCUT2D eigenvalue weighted by Gasteiger charge is -2.42. The van der Waals surface area contributed by atoms with Gasteiger partial charge in [0.05, 0.1) is 11.5 Å². The predicted molar refractivity (Wildman–Crippen MR) is 70.2 cm³/mol. The molecule has 1 N–H and O–H groups in total. The van der Waals surface area contributed by atoms with Crippen LogP contribution in [-0.4, -0.2) is 54.8 Å². The fourth-order valence-corrected chi connectivity index (χ4v) is 4.53. The molecule has 0 saturated carbocycles. The second-order valence-electron chi connectivity index (χ2n) is 6.02. The summed E-state index contributed by atoms with van der Waals surface area (Å²) < 4.78 is 22.9. The SMILES string of the molecule is CC1C(=O)NC(C)(C)C(=O)N1CC1CCS(=O)(=O)C1. The van der Waals surface area contributed by atoms with Gasteiger partial charge in [0, 0.05) is 6.54 Å². The summed E-state index contributed by atoms with van der Waals surface area (Å²) in [4.78, 5) is 25.7. The second kappa shape index (κ2) is 4.47. The van der Waals surface area contributed by atoms with Crippen molar-refractivity contribution in [3.05, 3.63) is 0 Å². The highest BCUT2D eigenvalue weighted by molar-refractivity contribution is 7.91. The van der Waals surface area contributed by atoms with Crippen LogP contribution in [-0.2, 0) is 19.4 Å². The number of nitrogens with zero attached hydrogens (tertiary/aromatic N) is 1. The third-order valence-electron chi connectivity index (χ3n) is 3.86. The average molecular weight is 288 g/mol. The van der Waals surface area contributed by atoms with Crippen molar-refractivity contribution in [2.45, 2.75) is 38.8 Å². The summed E-state index contributed by atoms with van der Waals surface area (Å²) in [5, 5.41) is 2.68. The number of amides is 2. The molecule has 2 unspecified atom stereocenters. The summed E-state index contributed by atoms with van der Waals surface area (Å²) in [6, 6.07) is -0.538. The zero-order chi connectivity index (χ0) is 14.4. The van der Waals surface area contributed by atoms with E-state index in [1.165, 1.54) is 4.90 Å². The van der Waals surface area contributed by atoms with E-state index in [9.17, 15) is 18.0 Å². The van der Waals surface area contributed by atoms with Crippen molar-refractivity contribution in [3.63, 3.8) is 0 Å². The molecule has 2 aliphatic heterocycles. The Morgan fingerprint density at radius 3 is 2.53 bits per heavy atom. The molecule has 6 nitrogen and oxygen atoms in total. The number of hydrogen-bond donors (Lipinski definition) is 1. The molecule has 2 aliphatic rings. The van der Waals surface area contributed by atoms with E-state index in [-0.39, 0.29) is 29.2 Å². The molecule has 108 valence electrons. The molecular weight excluding hydrogens is 268 g/mol. The third kappa shape index (κ3) is 2.75. The molecule has 0 aromatic rings. The molecule has 0 aliphatic carbocycles. The van der Waals surface area contributed by atoms with Gasteiger partial charge in [-0.1, -0.05) is 0 Å². The largest absolute Gasteiger partial charge is 0.340 e. The molecule has 0 radical (unpaired) electrons. The standard InChI is InChI=1S/C12H20N2O4S/c1-8-10(15)13-12(2,3)11(16)14(8)6-9-4-5-19(17,18)7-9/h8-9H,4-7H2,1-3H3,(H,13,15). The molecule has 2 atom stereocenters. The molecule has 2 rings (SSSR count). The number of nitrogens with one attached hydrogen (secondary N) is 1. The lowest BCUT2D eigenvalue weighted by atomic mass is 9.95. The van der Waals surface area contributed by atoms with Crippen LogP contribution in [0.25, 0.3) is 0 Å². The minimum atomic E-state index is -2.96. The van der Waals surface area contributed by atoms with Crippen LogP contribution in [0.3, 0.4) is 0 Å². The molecule has 7 heteroatoms. The smallest absolute Gasteiger partial charge is 0.248 e. The molecule has 0 aromatic heterocycles. The van der Waals surface area contributed by atoms with Crippen molar-refractivity contribution in [1.29, 1.82) is 0 Å². The van der Waals surface area contributed by atoms with Crippen LogP contribution < -0.4 is 5.32 Å². The van der Waals surface area contributed by atoms with Crippen molar-refractivity contribution in [3.8, 4) is 0 Å². The predicted octanol–water partition coefficient (Wildman–Crippen LogP) is -0.453. The van der Waals surface area contributed by atoms with Crippen molar-refractivity contribution >= 4 is 21.7 Å². The third-order valence-corrected chi connectivity index (χ3v) is 5.70. The van der Waals surface area contributed by atoms with E-state index in [1.807, 2.05) is 0 Å². The van der Waals surface area contributed by atoms with Crippen LogP contribution in [0.15, 0.2) is 0 Å². The zero-order valence-electron chi connectivity index (χ0n) is 11.5. The fraction of sp³-hybridized carbons (Fsp3) is 0.833. The lowest BCUT2D eigenvalue weighted by molar-refractivity contribution is -0.153. The first-order valence-corrected chi connectivity index (χ1v) is 8.28. The van der Waals surface area contributed by atoms with Gasteiger partial charge in [0.15, 0.2) is 9.84 Å². The first-order chi connectivity index (χ1) is 8.62. The van der Waals surface area contributed by atoms with Crippen molar-refractivity contribution in [2.24, 2.45) is 5.92 Å². The Bertz CT molecular complexity index is 512. The summed E-state index contributed by atoms with van der Waals surface area (Å²) in [7, 11) is -2.96. The van der Waals surface area contributed by atoms with Gasteiger partial charge in [-0.2, -0.15) is 0 Å². The molecule has 2 saturated heterocycles. The number of piperazine rings is 1. The number of rotatable bonds is 2. The van der Waals surface area contributed by atoms with Crippen molar-refractivity contribution < 1.29 is 18.0 Å². The molecule has 2 fully saturated rings. The Morgan fingerprint density at radius 2 is 2.00 bits per heavy atom. The molecule has 0 spiro atoms. The van der Waals surface area contributed by atoms with Crippen molar-refractivity contribution in [2.75, 3.05) is 18.1 Å². The van der Waals surface area contributed by atoms with E-state index in [4.69, 9.17) is 0 Å². The van der Waals surface area contributed by atoms with E-state index in [1.54, 1.807) is 20.8 Å². The normalized spacial score (nSPS) is 33.3. The highest BCUT2D eigenvalue weighted by atomic mass is 32.2. The van der Waals surface area contributed by atoms with Crippen LogP contribution >= 0.6 is 0 Å². The van der Waals surface area contributed by atoms with Gasteiger partial charge in [-0.3, -0.25) is 9.59 Å². The molecule has 2 amide bonds. The Labute approximate surface area is 113 Å². The van der Waals surface area contributed by atoms with Crippen LogP contribution in [0.4, 0.5) is 0 Å². The van der Waals surface area contributed by atoms with Gasteiger partial charge >= 0.3 is 0 Å². The van der Waals surface area contributed by atoms with E-state index in [2.05, 4.69) is 5.32 Å². The molecule has 2 heterocycles. The summed E-state index contributed by atoms with van der Waals surface area (Å²) in [6.07, 6.45) is 0.570. The Balaban J connectivity index is 2.14. The first-order valence-electron chi connectivity index (χ1n) is 6.46. The average Bonchev–Trinajstić information content (AvgIpc) is 2.61. The summed E-state index contributed by atoms with van der Waals surface area (Å²) in [5.41, 5.74) is -0.916. The monoisotopic (exact) mass is 288 g/mol. The van der Waals surface area contributed by atoms with E-state index >= 15 is 0 Å². The molecule has 0 bridgehead atoms. The van der Waals surface area contributed by atoms with Gasteiger partial charge in [0.1, 0.15) is 11.6 Å². The second-order valence-corrected chi connectivity index (χ2v) is 8.25. The van der Waals surface area contributed by atoms with Gasteiger partial charge in [-0.05, 0) is 33.1 Å². The summed E-state index contributed by atoms with van der Waals surface area (Å²) in [5.74, 6) is -0.0951. The quantitative estimate of drug-likeness (QED) is 0.746. The van der Waals surface area contributed by atoms with Crippen LogP contribution in [0, 0.1) is 5.92 Å². The highest BCUT2D eigenvalue weighted by Crippen LogP contribution is 2.24. The minimum Gasteiger partial charge on any atom is -0.340 e. The highest BCUT2D eigenvalue weighted by Gasteiger charge is 2.44. The maximum Gasteiger partial charge on any atom is 0.248 e. The number of carbonyl (C=O) groups is 2. The Hall–Kier alpha value is -1.11. The van der Waals surface area contributed by atoms with Crippen molar-refractivity contribution in [1.82, 2.24) is 10.2 Å². The van der Waals surface area contributed by atoms with E-state index < -0.39 is 21.4 Å². The van der Waals surface area contributed by atoms with Gasteiger partial charge in [0.2, 0.25) is 11.8 Å². The summed E-state index contributed by atoms with van der Waals surface area (Å²) in [6.45, 7) is 5.34. The minimum absolute atomic E-state index is 0.0573. The maximum absolute atomic E-state index is 12.3. The van der Waals surface area contributed by atoms with Gasteiger partial charge in [-0.25, -0.2) is 8.42 Å². The summed E-state index contributed by atoms with van der Waals surface area (Å²) >= 11 is 0. The molecule has 0 aromatic carbocycles. The zero-order valence-corrected chi connectivity index (χ0v) is 12.3. The van der Waals surface area contributed by atoms with Gasteiger partial charge in [-0.15, -0.1) is 0 Å². The fourth-order valence-electron chi connectivity index (χ4n) is 2.68. The number of carbonyl (C=O) groups excluding carboxylic acids is 2. The van der Waals surface area contributed by atoms with E-state index in [0.29, 0.717) is 13.0 Å². The number of sulfone groups is 1. The van der Waals surface area contributed by atoms with Gasteiger partial charge in [0.25, 0.3) is 0 Å². The van der Waals surface area contributed by atoms with E-state index in [0.717, 1.165) is 0 Å². The van der Waals surface area contributed by atoms with Crippen LogP contribution in [0.5, 0.6) is 0 Å². The lowest BCUT2D eigenvalue weighted by Crippen LogP contribution is -2.67. The molecule has 19 heavy (non-hydrogen) atoms. The van der Waals surface area contributed by atoms with Crippen LogP contribution in [0.1, 0.15) is 27.2 Å².